The zero-order valence-electron chi connectivity index (χ0n) is 25.3. The largest absolute Gasteiger partial charge is 0.0622 e. The molecule has 3 fully saturated rings. The van der Waals surface area contributed by atoms with Crippen LogP contribution in [-0.4, -0.2) is 33.2 Å². The van der Waals surface area contributed by atoms with E-state index in [9.17, 15) is 14.1 Å². The molecule has 1 N–H and O–H groups in total. The Bertz CT molecular complexity index is 1150. The molecular weight excluding hydrogens is 615 g/mol. The second kappa shape index (κ2) is 18.8. The van der Waals surface area contributed by atoms with E-state index < -0.39 is 18.7 Å². The van der Waals surface area contributed by atoms with Crippen LogP contribution in [0.4, 0.5) is 0 Å². The number of aliphatic hydroxyl groups excluding tert-OH is 1. The Morgan fingerprint density at radius 3 is 1.53 bits per heavy atom. The van der Waals surface area contributed by atoms with Crippen molar-refractivity contribution in [1.82, 2.24) is 0 Å². The molecule has 0 saturated heterocycles. The normalized spacial score (nSPS) is 23.2. The van der Waals surface area contributed by atoms with Gasteiger partial charge in [0.05, 0.1) is 6.10 Å². The van der Waals surface area contributed by atoms with Crippen molar-refractivity contribution >= 4 is 40.9 Å². The molecule has 0 amide bonds. The Morgan fingerprint density at radius 2 is 1.23 bits per heavy atom. The van der Waals surface area contributed by atoms with Gasteiger partial charge in [0.2, 0.25) is 0 Å². The Morgan fingerprint density at radius 1 is 0.837 bits per heavy atom. The number of hydrogen-bond acceptors (Lipinski definition) is 3. The van der Waals surface area contributed by atoms with E-state index in [1.807, 2.05) is 0 Å². The maximum Gasteiger partial charge on any atom is 0 e. The van der Waals surface area contributed by atoms with Crippen LogP contribution in [0.15, 0.2) is 91.0 Å². The number of carbonyl (C=O) groups excluding carboxylic acids is 1. The molecule has 6 rings (SSSR count). The van der Waals surface area contributed by atoms with Gasteiger partial charge in [-0.1, -0.05) is 143 Å². The Hall–Kier alpha value is -1.87. The van der Waals surface area contributed by atoms with Crippen molar-refractivity contribution in [1.29, 1.82) is 0 Å². The molecule has 232 valence electrons. The summed E-state index contributed by atoms with van der Waals surface area (Å²) >= 11 is 0. The smallest absolute Gasteiger partial charge is 0 e. The molecule has 0 aliphatic heterocycles. The van der Waals surface area contributed by atoms with Crippen LogP contribution in [0.1, 0.15) is 65.2 Å². The fraction of sp³-hybridized carbons (Fsp3) is 0.444. The molecule has 7 heteroatoms. The third kappa shape index (κ3) is 9.56. The van der Waals surface area contributed by atoms with Gasteiger partial charge in [0.25, 0.3) is 0 Å². The third-order valence-corrected chi connectivity index (χ3v) is 13.0. The summed E-state index contributed by atoms with van der Waals surface area (Å²) in [5, 5.41) is 14.4. The topological polar surface area (TPSA) is 74.3 Å². The maximum absolute atomic E-state index is 11.8. The summed E-state index contributed by atoms with van der Waals surface area (Å²) in [5.41, 5.74) is -0.190. The predicted octanol–water partition coefficient (Wildman–Crippen LogP) is 6.39. The second-order valence-electron chi connectivity index (χ2n) is 11.8. The molecular formula is C36H44FeO4PS-. The van der Waals surface area contributed by atoms with Crippen LogP contribution in [0.25, 0.3) is 0 Å². The van der Waals surface area contributed by atoms with E-state index in [4.69, 9.17) is 4.65 Å². The number of hydrogen-bond donors (Lipinski definition) is 1. The number of rotatable bonds is 7. The molecule has 4 atom stereocenters. The summed E-state index contributed by atoms with van der Waals surface area (Å²) in [6.45, 7) is 8.84. The molecule has 0 heterocycles. The van der Waals surface area contributed by atoms with Gasteiger partial charge in [-0.15, -0.1) is 0 Å². The minimum Gasteiger partial charge on any atom is -0.0622 e. The molecule has 2 bridgehead atoms. The van der Waals surface area contributed by atoms with E-state index in [0.717, 1.165) is 19.3 Å². The summed E-state index contributed by atoms with van der Waals surface area (Å²) in [6.07, 6.45) is 11.7. The van der Waals surface area contributed by atoms with Gasteiger partial charge in [0.1, 0.15) is 0 Å². The molecule has 0 unspecified atom stereocenters. The molecule has 3 aromatic carbocycles. The van der Waals surface area contributed by atoms with E-state index in [2.05, 4.69) is 111 Å². The average molecular weight is 660 g/mol. The zero-order valence-corrected chi connectivity index (χ0v) is 28.1. The fourth-order valence-corrected chi connectivity index (χ4v) is 10.7. The summed E-state index contributed by atoms with van der Waals surface area (Å²) in [7, 11) is -1.62. The van der Waals surface area contributed by atoms with E-state index in [-0.39, 0.29) is 39.8 Å². The maximum atomic E-state index is 11.8. The summed E-state index contributed by atoms with van der Waals surface area (Å²) in [4.78, 5) is 10.3. The van der Waals surface area contributed by atoms with Crippen LogP contribution in [0.3, 0.4) is 0 Å². The van der Waals surface area contributed by atoms with Gasteiger partial charge in [-0.25, -0.2) is 0 Å². The Labute approximate surface area is 272 Å². The molecule has 0 radical (unpaired) electrons. The molecule has 3 saturated carbocycles. The first kappa shape index (κ1) is 37.3. The first-order valence-corrected chi connectivity index (χ1v) is 17.8. The van der Waals surface area contributed by atoms with Crippen LogP contribution < -0.4 is 15.9 Å². The monoisotopic (exact) mass is 659 g/mol. The molecule has 0 aromatic heterocycles. The SMILES string of the molecule is C1CCCC1.CC1(C)[C@@H]2CC[C@@]1(C[S@@](=O)C[C-]=O)[C@H](O)C2.[C-]#[O+].[Fe].c1ccc(P(c2ccccc2)c2ccccc2)cc1. The Kier molecular flexibility index (Phi) is 16.3. The van der Waals surface area contributed by atoms with Crippen molar-refractivity contribution < 1.29 is 35.8 Å². The van der Waals surface area contributed by atoms with Crippen molar-refractivity contribution in [2.75, 3.05) is 11.5 Å². The van der Waals surface area contributed by atoms with Gasteiger partial charge in [-0.05, 0) is 65.2 Å². The van der Waals surface area contributed by atoms with Crippen molar-refractivity contribution in [2.24, 2.45) is 16.7 Å². The van der Waals surface area contributed by atoms with Crippen LogP contribution in [0, 0.1) is 23.4 Å². The number of benzene rings is 3. The van der Waals surface area contributed by atoms with Gasteiger partial charge >= 0.3 is 11.3 Å². The van der Waals surface area contributed by atoms with Gasteiger partial charge in [0.15, 0.2) is 0 Å². The van der Waals surface area contributed by atoms with E-state index in [1.165, 1.54) is 48.0 Å². The molecule has 3 aliphatic rings. The molecule has 3 aliphatic carbocycles. The quantitative estimate of drug-likeness (QED) is 0.138. The van der Waals surface area contributed by atoms with Crippen LogP contribution >= 0.6 is 7.92 Å². The third-order valence-electron chi connectivity index (χ3n) is 9.32. The first-order chi connectivity index (χ1) is 20.4. The second-order valence-corrected chi connectivity index (χ2v) is 15.5. The minimum atomic E-state index is -1.17. The predicted molar refractivity (Wildman–Crippen MR) is 175 cm³/mol. The van der Waals surface area contributed by atoms with Crippen LogP contribution in [0.2, 0.25) is 0 Å². The number of aliphatic hydroxyl groups is 1. The average Bonchev–Trinajstić information content (AvgIpc) is 3.72. The van der Waals surface area contributed by atoms with Crippen molar-refractivity contribution in [3.63, 3.8) is 0 Å². The van der Waals surface area contributed by atoms with E-state index >= 15 is 0 Å². The van der Waals surface area contributed by atoms with Gasteiger partial charge in [-0.2, -0.15) is 0 Å². The first-order valence-electron chi connectivity index (χ1n) is 14.9. The summed E-state index contributed by atoms with van der Waals surface area (Å²) in [6, 6.07) is 32.3. The zero-order chi connectivity index (χ0) is 30.4. The molecule has 0 spiro atoms. The van der Waals surface area contributed by atoms with E-state index in [1.54, 1.807) is 6.29 Å². The van der Waals surface area contributed by atoms with Crippen molar-refractivity contribution in [2.45, 2.75) is 71.3 Å². The fourth-order valence-electron chi connectivity index (χ4n) is 6.85. The van der Waals surface area contributed by atoms with Gasteiger partial charge in [0, 0.05) is 28.2 Å². The molecule has 4 nitrogen and oxygen atoms in total. The van der Waals surface area contributed by atoms with Crippen molar-refractivity contribution in [3.8, 4) is 0 Å². The summed E-state index contributed by atoms with van der Waals surface area (Å²) < 4.78 is 19.3. The van der Waals surface area contributed by atoms with Gasteiger partial charge < -0.3 is 9.90 Å². The summed E-state index contributed by atoms with van der Waals surface area (Å²) in [5.74, 6) is 0.974. The van der Waals surface area contributed by atoms with Crippen LogP contribution in [0.5, 0.6) is 0 Å². The molecule has 43 heavy (non-hydrogen) atoms. The minimum absolute atomic E-state index is 0. The van der Waals surface area contributed by atoms with Crippen LogP contribution in [-0.2, 0) is 37.3 Å². The van der Waals surface area contributed by atoms with Crippen molar-refractivity contribution in [3.05, 3.63) is 97.6 Å². The van der Waals surface area contributed by atoms with E-state index in [0.29, 0.717) is 11.7 Å². The molecule has 3 aromatic rings. The van der Waals surface area contributed by atoms with Gasteiger partial charge in [-0.3, -0.25) is 10.5 Å². The standard InChI is InChI=1S/C18H15P.C12H19O3S.C5H10.CO.Fe/c1-4-10-16(11-5-1)19(17-12-6-2-7-13-17)18-14-8-3-9-15-18;1-11(2)9-3-4-12(11,10(14)7-9)8-16(15)6-5-13;1-2-4-5-3-1;1-2;/h1-15H;9-10,14H,3-4,6-8H2,1-2H3;1-5H2;;/q;-1;;;/t;9-,10-,12-,16+;;;/m.1.../s1. The Balaban J connectivity index is 0.000000244. The number of fused-ring (bicyclic) bond motifs is 2.